The lowest BCUT2D eigenvalue weighted by Gasteiger charge is -2.16. The average molecular weight is 228 g/mol. The van der Waals surface area contributed by atoms with Crippen molar-refractivity contribution in [2.24, 2.45) is 11.3 Å². The zero-order chi connectivity index (χ0) is 12.8. The zero-order valence-electron chi connectivity index (χ0n) is 11.1. The highest BCUT2D eigenvalue weighted by Gasteiger charge is 2.20. The molecule has 3 heteroatoms. The molecule has 0 N–H and O–H groups in total. The molecule has 0 aromatic heterocycles. The van der Waals surface area contributed by atoms with Crippen molar-refractivity contribution in [3.05, 3.63) is 0 Å². The fraction of sp³-hybridized carbons (Fsp3) is 0.846. The van der Waals surface area contributed by atoms with Gasteiger partial charge in [0.15, 0.2) is 0 Å². The van der Waals surface area contributed by atoms with E-state index in [1.165, 1.54) is 0 Å². The molecule has 94 valence electrons. The quantitative estimate of drug-likeness (QED) is 0.656. The van der Waals surface area contributed by atoms with E-state index in [2.05, 4.69) is 0 Å². The Bertz CT molecular complexity index is 236. The minimum Gasteiger partial charge on any atom is -0.465 e. The molecule has 16 heavy (non-hydrogen) atoms. The van der Waals surface area contributed by atoms with E-state index in [-0.39, 0.29) is 17.2 Å². The summed E-state index contributed by atoms with van der Waals surface area (Å²) >= 11 is 0. The fourth-order valence-corrected chi connectivity index (χ4v) is 1.10. The molecule has 0 fully saturated rings. The third-order valence-corrected chi connectivity index (χ3v) is 2.20. The molecule has 0 saturated carbocycles. The van der Waals surface area contributed by atoms with Crippen LogP contribution in [-0.2, 0) is 14.3 Å². The number of rotatable bonds is 6. The summed E-state index contributed by atoms with van der Waals surface area (Å²) in [6.07, 6.45) is 1.39. The molecule has 3 nitrogen and oxygen atoms in total. The van der Waals surface area contributed by atoms with Gasteiger partial charge < -0.3 is 4.74 Å². The highest BCUT2D eigenvalue weighted by Crippen LogP contribution is 2.18. The largest absolute Gasteiger partial charge is 0.465 e. The Balaban J connectivity index is 3.67. The first-order valence-electron chi connectivity index (χ1n) is 5.92. The second kappa shape index (κ2) is 6.66. The Morgan fingerprint density at radius 1 is 1.12 bits per heavy atom. The summed E-state index contributed by atoms with van der Waals surface area (Å²) in [6.45, 7) is 10.1. The van der Waals surface area contributed by atoms with Crippen molar-refractivity contribution in [2.75, 3.05) is 6.61 Å². The van der Waals surface area contributed by atoms with Crippen molar-refractivity contribution in [1.29, 1.82) is 0 Å². The maximum atomic E-state index is 11.6. The minimum absolute atomic E-state index is 0.198. The lowest BCUT2D eigenvalue weighted by atomic mass is 9.88. The predicted molar refractivity (Wildman–Crippen MR) is 64.1 cm³/mol. The van der Waals surface area contributed by atoms with Gasteiger partial charge in [0.2, 0.25) is 0 Å². The molecule has 0 amide bonds. The van der Waals surface area contributed by atoms with E-state index in [1.807, 2.05) is 34.6 Å². The SMILES string of the molecule is CC(C)COC(=O)CCCC(=O)C(C)(C)C. The Morgan fingerprint density at radius 2 is 1.69 bits per heavy atom. The lowest BCUT2D eigenvalue weighted by Crippen LogP contribution is -2.20. The number of ether oxygens (including phenoxy) is 1. The van der Waals surface area contributed by atoms with Gasteiger partial charge in [-0.05, 0) is 12.3 Å². The van der Waals surface area contributed by atoms with Gasteiger partial charge in [0.25, 0.3) is 0 Å². The van der Waals surface area contributed by atoms with E-state index < -0.39 is 0 Å². The van der Waals surface area contributed by atoms with E-state index in [0.29, 0.717) is 31.8 Å². The van der Waals surface area contributed by atoms with Crippen LogP contribution in [0, 0.1) is 11.3 Å². The van der Waals surface area contributed by atoms with Crippen molar-refractivity contribution in [2.45, 2.75) is 53.9 Å². The van der Waals surface area contributed by atoms with Gasteiger partial charge in [0, 0.05) is 18.3 Å². The second-order valence-electron chi connectivity index (χ2n) is 5.60. The molecule has 0 aliphatic heterocycles. The van der Waals surface area contributed by atoms with Gasteiger partial charge in [-0.25, -0.2) is 0 Å². The Kier molecular flexibility index (Phi) is 6.31. The van der Waals surface area contributed by atoms with Crippen LogP contribution in [0.1, 0.15) is 53.9 Å². The number of Topliss-reactive ketones (excluding diaryl/α,β-unsaturated/α-hetero) is 1. The number of hydrogen-bond donors (Lipinski definition) is 0. The third-order valence-electron chi connectivity index (χ3n) is 2.20. The van der Waals surface area contributed by atoms with E-state index in [1.54, 1.807) is 0 Å². The number of carbonyl (C=O) groups is 2. The molecule has 0 bridgehead atoms. The maximum absolute atomic E-state index is 11.6. The fourth-order valence-electron chi connectivity index (χ4n) is 1.10. The Morgan fingerprint density at radius 3 is 2.12 bits per heavy atom. The smallest absolute Gasteiger partial charge is 0.305 e. The summed E-state index contributed by atoms with van der Waals surface area (Å²) < 4.78 is 5.02. The van der Waals surface area contributed by atoms with Crippen molar-refractivity contribution in [3.8, 4) is 0 Å². The Labute approximate surface area is 98.6 Å². The summed E-state index contributed by atoms with van der Waals surface area (Å²) in [7, 11) is 0. The van der Waals surface area contributed by atoms with Gasteiger partial charge in [0.05, 0.1) is 6.61 Å². The first-order chi connectivity index (χ1) is 7.23. The van der Waals surface area contributed by atoms with E-state index in [9.17, 15) is 9.59 Å². The number of esters is 1. The van der Waals surface area contributed by atoms with Gasteiger partial charge in [-0.2, -0.15) is 0 Å². The van der Waals surface area contributed by atoms with Crippen LogP contribution in [0.4, 0.5) is 0 Å². The molecule has 0 aliphatic rings. The van der Waals surface area contributed by atoms with Gasteiger partial charge >= 0.3 is 5.97 Å². The van der Waals surface area contributed by atoms with Crippen molar-refractivity contribution >= 4 is 11.8 Å². The average Bonchev–Trinajstić information content (AvgIpc) is 2.13. The first-order valence-corrected chi connectivity index (χ1v) is 5.92. The summed E-state index contributed by atoms with van der Waals surface area (Å²) in [5.74, 6) is 0.361. The molecule has 0 aromatic carbocycles. The molecule has 0 atom stereocenters. The van der Waals surface area contributed by atoms with Gasteiger partial charge in [-0.1, -0.05) is 34.6 Å². The van der Waals surface area contributed by atoms with E-state index >= 15 is 0 Å². The standard InChI is InChI=1S/C13H24O3/c1-10(2)9-16-12(15)8-6-7-11(14)13(3,4)5/h10H,6-9H2,1-5H3. The van der Waals surface area contributed by atoms with Crippen LogP contribution in [-0.4, -0.2) is 18.4 Å². The van der Waals surface area contributed by atoms with E-state index in [0.717, 1.165) is 0 Å². The molecule has 0 rings (SSSR count). The predicted octanol–water partition coefficient (Wildman–Crippen LogP) is 2.97. The Hall–Kier alpha value is -0.860. The summed E-state index contributed by atoms with van der Waals surface area (Å²) in [5.41, 5.74) is -0.304. The van der Waals surface area contributed by atoms with Crippen LogP contribution in [0.15, 0.2) is 0 Å². The molecular weight excluding hydrogens is 204 g/mol. The van der Waals surface area contributed by atoms with Crippen molar-refractivity contribution in [3.63, 3.8) is 0 Å². The van der Waals surface area contributed by atoms with Crippen LogP contribution in [0.2, 0.25) is 0 Å². The molecule has 0 aliphatic carbocycles. The minimum atomic E-state index is -0.304. The highest BCUT2D eigenvalue weighted by molar-refractivity contribution is 5.84. The molecule has 0 saturated heterocycles. The molecular formula is C13H24O3. The van der Waals surface area contributed by atoms with Crippen LogP contribution in [0.3, 0.4) is 0 Å². The van der Waals surface area contributed by atoms with Crippen molar-refractivity contribution in [1.82, 2.24) is 0 Å². The van der Waals surface area contributed by atoms with Crippen molar-refractivity contribution < 1.29 is 14.3 Å². The lowest BCUT2D eigenvalue weighted by molar-refractivity contribution is -0.144. The second-order valence-corrected chi connectivity index (χ2v) is 5.60. The topological polar surface area (TPSA) is 43.4 Å². The summed E-state index contributed by atoms with van der Waals surface area (Å²) in [6, 6.07) is 0. The van der Waals surface area contributed by atoms with Gasteiger partial charge in [0.1, 0.15) is 5.78 Å². The maximum Gasteiger partial charge on any atom is 0.305 e. The van der Waals surface area contributed by atoms with Gasteiger partial charge in [-0.3, -0.25) is 9.59 Å². The molecule has 0 heterocycles. The molecule has 0 aromatic rings. The van der Waals surface area contributed by atoms with Crippen LogP contribution in [0.25, 0.3) is 0 Å². The van der Waals surface area contributed by atoms with Gasteiger partial charge in [-0.15, -0.1) is 0 Å². The first kappa shape index (κ1) is 15.1. The molecule has 0 radical (unpaired) electrons. The summed E-state index contributed by atoms with van der Waals surface area (Å²) in [5, 5.41) is 0. The van der Waals surface area contributed by atoms with Crippen LogP contribution >= 0.6 is 0 Å². The highest BCUT2D eigenvalue weighted by atomic mass is 16.5. The monoisotopic (exact) mass is 228 g/mol. The molecule has 0 unspecified atom stereocenters. The molecule has 0 spiro atoms. The zero-order valence-corrected chi connectivity index (χ0v) is 11.1. The van der Waals surface area contributed by atoms with Crippen LogP contribution in [0.5, 0.6) is 0 Å². The van der Waals surface area contributed by atoms with E-state index in [4.69, 9.17) is 4.74 Å². The number of carbonyl (C=O) groups excluding carboxylic acids is 2. The van der Waals surface area contributed by atoms with Crippen LogP contribution < -0.4 is 0 Å². The normalized spacial score (nSPS) is 11.6. The number of hydrogen-bond acceptors (Lipinski definition) is 3. The number of ketones is 1. The third kappa shape index (κ3) is 7.43. The summed E-state index contributed by atoms with van der Waals surface area (Å²) in [4.78, 5) is 22.8.